The van der Waals surface area contributed by atoms with Crippen LogP contribution in [0.15, 0.2) is 51.4 Å². The first-order chi connectivity index (χ1) is 12.9. The maximum Gasteiger partial charge on any atom is 0.417 e. The second kappa shape index (κ2) is 9.11. The van der Waals surface area contributed by atoms with Gasteiger partial charge in [-0.1, -0.05) is 23.4 Å². The summed E-state index contributed by atoms with van der Waals surface area (Å²) in [7, 11) is 0. The molecular weight excluding hydrogens is 429 g/mol. The Balaban J connectivity index is 2.25. The van der Waals surface area contributed by atoms with Crippen LogP contribution in [0.25, 0.3) is 0 Å². The van der Waals surface area contributed by atoms with Crippen molar-refractivity contribution in [3.8, 4) is 0 Å². The highest BCUT2D eigenvalue weighted by molar-refractivity contribution is 7.99. The third-order valence-corrected chi connectivity index (χ3v) is 4.59. The second-order valence-corrected chi connectivity index (χ2v) is 8.70. The van der Waals surface area contributed by atoms with Crippen molar-refractivity contribution in [3.05, 3.63) is 52.8 Å². The van der Waals surface area contributed by atoms with Crippen LogP contribution in [0.5, 0.6) is 0 Å². The zero-order valence-corrected chi connectivity index (χ0v) is 17.7. The number of hydrazone groups is 1. The van der Waals surface area contributed by atoms with E-state index in [4.69, 9.17) is 23.8 Å². The molecule has 0 aliphatic rings. The Morgan fingerprint density at radius 3 is 2.43 bits per heavy atom. The first-order valence-electron chi connectivity index (χ1n) is 8.06. The first-order valence-corrected chi connectivity index (χ1v) is 9.66. The lowest BCUT2D eigenvalue weighted by atomic mass is 10.1. The third-order valence-electron chi connectivity index (χ3n) is 3.09. The van der Waals surface area contributed by atoms with E-state index in [1.54, 1.807) is 24.3 Å². The summed E-state index contributed by atoms with van der Waals surface area (Å²) >= 11 is 12.1. The molecule has 0 spiro atoms. The predicted molar refractivity (Wildman–Crippen MR) is 111 cm³/mol. The van der Waals surface area contributed by atoms with Crippen molar-refractivity contribution in [1.82, 2.24) is 15.7 Å². The Kier molecular flexibility index (Phi) is 7.30. The average Bonchev–Trinajstić information content (AvgIpc) is 2.55. The lowest BCUT2D eigenvalue weighted by Crippen LogP contribution is -2.44. The van der Waals surface area contributed by atoms with Gasteiger partial charge in [-0.25, -0.2) is 0 Å². The minimum absolute atomic E-state index is 0.248. The largest absolute Gasteiger partial charge is 0.417 e. The number of hydrogen-bond acceptors (Lipinski definition) is 4. The van der Waals surface area contributed by atoms with Crippen LogP contribution in [0, 0.1) is 0 Å². The van der Waals surface area contributed by atoms with Crippen molar-refractivity contribution in [2.75, 3.05) is 0 Å². The van der Waals surface area contributed by atoms with Crippen LogP contribution in [-0.2, 0) is 6.18 Å². The standard InChI is InChI=1S/C18H18ClF3N4S2/c1-17(2,3)25-16(27)26-24-10-14-15(8-11(9-23-14)18(20,21)22)28-13-6-4-12(19)5-7-13/h4-10H,1-3H3,(H2,25,26,27). The molecule has 0 aliphatic heterocycles. The van der Waals surface area contributed by atoms with Gasteiger partial charge in [0.15, 0.2) is 5.11 Å². The molecule has 0 unspecified atom stereocenters. The Morgan fingerprint density at radius 1 is 1.21 bits per heavy atom. The van der Waals surface area contributed by atoms with E-state index in [1.807, 2.05) is 20.8 Å². The van der Waals surface area contributed by atoms with Gasteiger partial charge >= 0.3 is 6.18 Å². The van der Waals surface area contributed by atoms with Gasteiger partial charge in [-0.2, -0.15) is 18.3 Å². The smallest absolute Gasteiger partial charge is 0.357 e. The van der Waals surface area contributed by atoms with Gasteiger partial charge < -0.3 is 5.32 Å². The summed E-state index contributed by atoms with van der Waals surface area (Å²) < 4.78 is 39.2. The number of nitrogens with zero attached hydrogens (tertiary/aromatic N) is 2. The van der Waals surface area contributed by atoms with Crippen molar-refractivity contribution in [2.45, 2.75) is 42.3 Å². The van der Waals surface area contributed by atoms with Crippen LogP contribution in [0.3, 0.4) is 0 Å². The lowest BCUT2D eigenvalue weighted by Gasteiger charge is -2.21. The summed E-state index contributed by atoms with van der Waals surface area (Å²) in [5.41, 5.74) is 1.83. The number of alkyl halides is 3. The van der Waals surface area contributed by atoms with E-state index >= 15 is 0 Å². The normalized spacial score (nSPS) is 12.2. The van der Waals surface area contributed by atoms with Gasteiger partial charge in [0.05, 0.1) is 17.5 Å². The molecule has 0 amide bonds. The van der Waals surface area contributed by atoms with Gasteiger partial charge in [-0.15, -0.1) is 0 Å². The Hall–Kier alpha value is -1.84. The van der Waals surface area contributed by atoms with Gasteiger partial charge in [0.1, 0.15) is 0 Å². The summed E-state index contributed by atoms with van der Waals surface area (Å²) in [6, 6.07) is 7.80. The number of nitrogens with one attached hydrogen (secondary N) is 2. The van der Waals surface area contributed by atoms with Crippen molar-refractivity contribution in [3.63, 3.8) is 0 Å². The van der Waals surface area contributed by atoms with Crippen molar-refractivity contribution in [1.29, 1.82) is 0 Å². The monoisotopic (exact) mass is 446 g/mol. The van der Waals surface area contributed by atoms with Crippen LogP contribution in [0.4, 0.5) is 13.2 Å². The van der Waals surface area contributed by atoms with E-state index in [0.29, 0.717) is 15.0 Å². The van der Waals surface area contributed by atoms with Crippen molar-refractivity contribution < 1.29 is 13.2 Å². The molecule has 2 aromatic rings. The maximum atomic E-state index is 13.1. The van der Waals surface area contributed by atoms with Gasteiger partial charge in [0, 0.05) is 26.5 Å². The number of hydrogen-bond donors (Lipinski definition) is 2. The molecule has 28 heavy (non-hydrogen) atoms. The SMILES string of the molecule is CC(C)(C)NC(=S)NN=Cc1ncc(C(F)(F)F)cc1Sc1ccc(Cl)cc1. The molecule has 1 aromatic heterocycles. The zero-order valence-electron chi connectivity index (χ0n) is 15.3. The Morgan fingerprint density at radius 2 is 1.86 bits per heavy atom. The maximum absolute atomic E-state index is 13.1. The molecule has 150 valence electrons. The zero-order chi connectivity index (χ0) is 20.9. The lowest BCUT2D eigenvalue weighted by molar-refractivity contribution is -0.138. The van der Waals surface area contributed by atoms with E-state index in [2.05, 4.69) is 20.8 Å². The summed E-state index contributed by atoms with van der Waals surface area (Å²) in [5, 5.41) is 7.82. The number of thiocarbonyl (C=S) groups is 1. The van der Waals surface area contributed by atoms with Crippen molar-refractivity contribution >= 4 is 46.9 Å². The predicted octanol–water partition coefficient (Wildman–Crippen LogP) is 5.50. The molecule has 2 rings (SSSR count). The van der Waals surface area contributed by atoms with E-state index in [0.717, 1.165) is 28.9 Å². The van der Waals surface area contributed by atoms with Gasteiger partial charge in [-0.05, 0) is 63.3 Å². The van der Waals surface area contributed by atoms with E-state index < -0.39 is 11.7 Å². The fourth-order valence-electron chi connectivity index (χ4n) is 1.94. The first kappa shape index (κ1) is 22.4. The minimum atomic E-state index is -4.49. The molecule has 10 heteroatoms. The molecule has 4 nitrogen and oxygen atoms in total. The number of pyridine rings is 1. The molecule has 0 bridgehead atoms. The topological polar surface area (TPSA) is 49.3 Å². The van der Waals surface area contributed by atoms with Crippen molar-refractivity contribution in [2.24, 2.45) is 5.10 Å². The number of rotatable bonds is 4. The quantitative estimate of drug-likeness (QED) is 0.369. The van der Waals surface area contributed by atoms with Crippen LogP contribution in [0.1, 0.15) is 32.0 Å². The molecule has 0 saturated heterocycles. The summed E-state index contributed by atoms with van der Waals surface area (Å²) in [4.78, 5) is 4.93. The average molecular weight is 447 g/mol. The van der Waals surface area contributed by atoms with Gasteiger partial charge in [0.2, 0.25) is 0 Å². The van der Waals surface area contributed by atoms with E-state index in [-0.39, 0.29) is 11.2 Å². The third kappa shape index (κ3) is 7.29. The van der Waals surface area contributed by atoms with E-state index in [1.165, 1.54) is 6.21 Å². The van der Waals surface area contributed by atoms with Crippen LogP contribution in [0.2, 0.25) is 5.02 Å². The van der Waals surface area contributed by atoms with E-state index in [9.17, 15) is 13.2 Å². The molecular formula is C18H18ClF3N4S2. The fraction of sp³-hybridized carbons (Fsp3) is 0.278. The Bertz CT molecular complexity index is 863. The number of aromatic nitrogens is 1. The molecule has 0 fully saturated rings. The highest BCUT2D eigenvalue weighted by atomic mass is 35.5. The highest BCUT2D eigenvalue weighted by Crippen LogP contribution is 2.35. The highest BCUT2D eigenvalue weighted by Gasteiger charge is 2.31. The minimum Gasteiger partial charge on any atom is -0.357 e. The molecule has 0 aliphatic carbocycles. The Labute approximate surface area is 176 Å². The molecule has 1 heterocycles. The molecule has 1 aromatic carbocycles. The van der Waals surface area contributed by atoms with Gasteiger partial charge in [0.25, 0.3) is 0 Å². The summed E-state index contributed by atoms with van der Waals surface area (Å²) in [5.74, 6) is 0. The molecule has 2 N–H and O–H groups in total. The van der Waals surface area contributed by atoms with Crippen LogP contribution < -0.4 is 10.7 Å². The number of benzene rings is 1. The second-order valence-electron chi connectivity index (χ2n) is 6.74. The molecule has 0 radical (unpaired) electrons. The van der Waals surface area contributed by atoms with Crippen LogP contribution in [-0.4, -0.2) is 21.8 Å². The molecule has 0 saturated carbocycles. The fourth-order valence-corrected chi connectivity index (χ4v) is 3.35. The molecule has 0 atom stereocenters. The summed E-state index contributed by atoms with van der Waals surface area (Å²) in [6.07, 6.45) is -2.39. The number of halogens is 4. The van der Waals surface area contributed by atoms with Crippen LogP contribution >= 0.6 is 35.6 Å². The van der Waals surface area contributed by atoms with Gasteiger partial charge in [-0.3, -0.25) is 10.4 Å². The summed E-state index contributed by atoms with van der Waals surface area (Å²) in [6.45, 7) is 5.80.